The monoisotopic (exact) mass is 394 g/mol. The summed E-state index contributed by atoms with van der Waals surface area (Å²) in [6.07, 6.45) is 6.14. The number of fused-ring (bicyclic) bond motifs is 3. The minimum atomic E-state index is 0.201. The first kappa shape index (κ1) is 19.1. The Morgan fingerprint density at radius 1 is 0.767 bits per heavy atom. The van der Waals surface area contributed by atoms with Gasteiger partial charge < -0.3 is 10.3 Å². The van der Waals surface area contributed by atoms with Gasteiger partial charge in [0.25, 0.3) is 0 Å². The third-order valence-corrected chi connectivity index (χ3v) is 7.00. The van der Waals surface area contributed by atoms with Crippen molar-refractivity contribution in [3.63, 3.8) is 0 Å². The minimum Gasteiger partial charge on any atom is -0.378 e. The van der Waals surface area contributed by atoms with Crippen LogP contribution in [-0.4, -0.2) is 19.8 Å². The van der Waals surface area contributed by atoms with Gasteiger partial charge in [0.15, 0.2) is 0 Å². The molecular formula is C28H30N2. The smallest absolute Gasteiger partial charge is 0.0420 e. The summed E-state index contributed by atoms with van der Waals surface area (Å²) in [6, 6.07) is 24.4. The van der Waals surface area contributed by atoms with Crippen LogP contribution in [0.1, 0.15) is 60.3 Å². The van der Waals surface area contributed by atoms with Gasteiger partial charge in [-0.2, -0.15) is 0 Å². The Hall–Kier alpha value is -2.87. The Morgan fingerprint density at radius 2 is 1.37 bits per heavy atom. The van der Waals surface area contributed by atoms with Gasteiger partial charge in [-0.1, -0.05) is 73.9 Å². The van der Waals surface area contributed by atoms with Crippen LogP contribution in [0, 0.1) is 11.3 Å². The molecule has 1 saturated carbocycles. The van der Waals surface area contributed by atoms with E-state index in [-0.39, 0.29) is 5.92 Å². The molecule has 0 amide bonds. The molecule has 0 heterocycles. The van der Waals surface area contributed by atoms with E-state index in [1.54, 1.807) is 0 Å². The van der Waals surface area contributed by atoms with Crippen molar-refractivity contribution in [3.8, 4) is 11.1 Å². The van der Waals surface area contributed by atoms with Crippen LogP contribution >= 0.6 is 0 Å². The lowest BCUT2D eigenvalue weighted by Gasteiger charge is -2.27. The lowest BCUT2D eigenvalue weighted by atomic mass is 9.78. The first-order valence-corrected chi connectivity index (χ1v) is 11.2. The van der Waals surface area contributed by atoms with E-state index in [1.807, 2.05) is 0 Å². The maximum atomic E-state index is 9.22. The highest BCUT2D eigenvalue weighted by Crippen LogP contribution is 2.49. The molecule has 30 heavy (non-hydrogen) atoms. The Balaban J connectivity index is 1.68. The van der Waals surface area contributed by atoms with E-state index < -0.39 is 0 Å². The summed E-state index contributed by atoms with van der Waals surface area (Å²) in [5.41, 5.74) is 9.86. The second-order valence-corrected chi connectivity index (χ2v) is 9.02. The van der Waals surface area contributed by atoms with E-state index >= 15 is 0 Å². The molecule has 1 N–H and O–H groups in total. The number of rotatable bonds is 4. The van der Waals surface area contributed by atoms with Crippen LogP contribution in [0.25, 0.3) is 11.1 Å². The molecule has 0 unspecified atom stereocenters. The van der Waals surface area contributed by atoms with Gasteiger partial charge >= 0.3 is 0 Å². The zero-order chi connectivity index (χ0) is 20.7. The first-order chi connectivity index (χ1) is 14.6. The number of nitrogens with one attached hydrogen (secondary N) is 1. The van der Waals surface area contributed by atoms with Crippen LogP contribution in [-0.2, 0) is 0 Å². The van der Waals surface area contributed by atoms with Crippen LogP contribution < -0.4 is 4.90 Å². The Kier molecular flexibility index (Phi) is 4.94. The lowest BCUT2D eigenvalue weighted by Crippen LogP contribution is -2.21. The van der Waals surface area contributed by atoms with Crippen LogP contribution in [0.15, 0.2) is 66.7 Å². The number of nitrogens with zero attached hydrogens (tertiary/aromatic N) is 1. The largest absolute Gasteiger partial charge is 0.378 e. The molecule has 0 radical (unpaired) electrons. The summed E-state index contributed by atoms with van der Waals surface area (Å²) < 4.78 is 0. The highest BCUT2D eigenvalue weighted by Gasteiger charge is 2.32. The van der Waals surface area contributed by atoms with E-state index in [2.05, 4.69) is 85.7 Å². The van der Waals surface area contributed by atoms with Crippen molar-refractivity contribution in [1.29, 1.82) is 5.41 Å². The zero-order valence-corrected chi connectivity index (χ0v) is 18.0. The van der Waals surface area contributed by atoms with Crippen molar-refractivity contribution in [2.24, 2.45) is 5.92 Å². The molecule has 2 aliphatic carbocycles. The molecule has 0 atom stereocenters. The number of anilines is 1. The predicted octanol–water partition coefficient (Wildman–Crippen LogP) is 6.86. The fourth-order valence-electron chi connectivity index (χ4n) is 5.41. The van der Waals surface area contributed by atoms with Crippen molar-refractivity contribution in [3.05, 3.63) is 89.0 Å². The van der Waals surface area contributed by atoms with Crippen molar-refractivity contribution >= 4 is 11.4 Å². The molecule has 0 saturated heterocycles. The molecule has 1 fully saturated rings. The molecular weight excluding hydrogens is 364 g/mol. The maximum absolute atomic E-state index is 9.22. The van der Waals surface area contributed by atoms with E-state index in [0.717, 1.165) is 24.1 Å². The number of benzene rings is 3. The molecule has 0 aromatic heterocycles. The topological polar surface area (TPSA) is 27.1 Å². The summed E-state index contributed by atoms with van der Waals surface area (Å²) in [5.74, 6) is 0.592. The average Bonchev–Trinajstić information content (AvgIpc) is 3.13. The molecule has 5 rings (SSSR count). The molecule has 152 valence electrons. The normalized spacial score (nSPS) is 16.2. The highest BCUT2D eigenvalue weighted by molar-refractivity contribution is 6.03. The van der Waals surface area contributed by atoms with E-state index in [9.17, 15) is 5.41 Å². The molecule has 0 aliphatic heterocycles. The first-order valence-electron chi connectivity index (χ1n) is 11.2. The molecule has 3 aromatic carbocycles. The summed E-state index contributed by atoms with van der Waals surface area (Å²) in [5, 5.41) is 9.22. The van der Waals surface area contributed by atoms with Crippen LogP contribution in [0.2, 0.25) is 0 Å². The molecule has 3 aromatic rings. The Morgan fingerprint density at radius 3 is 1.97 bits per heavy atom. The van der Waals surface area contributed by atoms with Crippen LogP contribution in [0.4, 0.5) is 5.69 Å². The van der Waals surface area contributed by atoms with Crippen LogP contribution in [0.5, 0.6) is 0 Å². The summed E-state index contributed by atoms with van der Waals surface area (Å²) in [4.78, 5) is 2.15. The molecule has 2 aliphatic rings. The molecule has 0 bridgehead atoms. The third kappa shape index (κ3) is 3.15. The second-order valence-electron chi connectivity index (χ2n) is 9.02. The van der Waals surface area contributed by atoms with Gasteiger partial charge in [0.2, 0.25) is 0 Å². The van der Waals surface area contributed by atoms with Crippen molar-refractivity contribution in [2.75, 3.05) is 19.0 Å². The molecule has 2 heteroatoms. The molecule has 2 nitrogen and oxygen atoms in total. The summed E-state index contributed by atoms with van der Waals surface area (Å²) in [6.45, 7) is 0. The minimum absolute atomic E-state index is 0.201. The lowest BCUT2D eigenvalue weighted by molar-refractivity contribution is 0.438. The van der Waals surface area contributed by atoms with E-state index in [1.165, 1.54) is 52.8 Å². The van der Waals surface area contributed by atoms with Crippen molar-refractivity contribution < 1.29 is 0 Å². The molecule has 0 spiro atoms. The fraction of sp³-hybridized carbons (Fsp3) is 0.321. The average molecular weight is 395 g/mol. The van der Waals surface area contributed by atoms with Gasteiger partial charge in [0.05, 0.1) is 0 Å². The van der Waals surface area contributed by atoms with E-state index in [4.69, 9.17) is 0 Å². The Bertz CT molecular complexity index is 1040. The quantitative estimate of drug-likeness (QED) is 0.376. The van der Waals surface area contributed by atoms with E-state index in [0.29, 0.717) is 5.92 Å². The van der Waals surface area contributed by atoms with Gasteiger partial charge in [-0.15, -0.1) is 0 Å². The standard InChI is InChI=1S/C28H30N2/c1-30(2)20-16-17-25(26(18-20)28(29)19-10-4-3-5-11-19)27-23-14-8-6-12-21(23)22-13-7-9-15-24(22)27/h6-9,12-19,27,29H,3-5,10-11H2,1-2H3. The second kappa shape index (κ2) is 7.75. The highest BCUT2D eigenvalue weighted by atomic mass is 15.1. The van der Waals surface area contributed by atoms with Gasteiger partial charge in [0, 0.05) is 42.9 Å². The summed E-state index contributed by atoms with van der Waals surface area (Å²) in [7, 11) is 4.17. The fourth-order valence-corrected chi connectivity index (χ4v) is 5.41. The van der Waals surface area contributed by atoms with Gasteiger partial charge in [-0.05, 0) is 52.8 Å². The number of hydrogen-bond acceptors (Lipinski definition) is 2. The zero-order valence-electron chi connectivity index (χ0n) is 18.0. The van der Waals surface area contributed by atoms with Gasteiger partial charge in [-0.3, -0.25) is 0 Å². The van der Waals surface area contributed by atoms with Crippen molar-refractivity contribution in [1.82, 2.24) is 0 Å². The predicted molar refractivity (Wildman–Crippen MR) is 127 cm³/mol. The Labute approximate surface area is 180 Å². The van der Waals surface area contributed by atoms with Gasteiger partial charge in [-0.25, -0.2) is 0 Å². The number of hydrogen-bond donors (Lipinski definition) is 1. The van der Waals surface area contributed by atoms with Gasteiger partial charge in [0.1, 0.15) is 0 Å². The van der Waals surface area contributed by atoms with Crippen molar-refractivity contribution in [2.45, 2.75) is 38.0 Å². The van der Waals surface area contributed by atoms with Crippen LogP contribution in [0.3, 0.4) is 0 Å². The maximum Gasteiger partial charge on any atom is 0.0420 e. The third-order valence-electron chi connectivity index (χ3n) is 7.00. The summed E-state index contributed by atoms with van der Waals surface area (Å²) >= 11 is 0. The SMILES string of the molecule is CN(C)c1ccc(C2c3ccccc3-c3ccccc32)c(C(=N)C2CCCCC2)c1.